The molecule has 3 aromatic rings. The van der Waals surface area contributed by atoms with E-state index in [-0.39, 0.29) is 17.0 Å². The molecule has 0 N–H and O–H groups in total. The Balaban J connectivity index is 1.93. The number of rotatable bonds is 6. The molecule has 150 valence electrons. The Bertz CT molecular complexity index is 1150. The number of halogens is 2. The number of hydrogen-bond donors (Lipinski definition) is 0. The summed E-state index contributed by atoms with van der Waals surface area (Å²) in [6.45, 7) is 3.71. The summed E-state index contributed by atoms with van der Waals surface area (Å²) in [6, 6.07) is 8.81. The maximum absolute atomic E-state index is 13.5. The molecule has 29 heavy (non-hydrogen) atoms. The number of aromatic nitrogens is 1. The first kappa shape index (κ1) is 20.8. The average molecular weight is 434 g/mol. The van der Waals surface area contributed by atoms with Crippen LogP contribution in [0.4, 0.5) is 13.9 Å². The highest BCUT2D eigenvalue weighted by Gasteiger charge is 2.21. The third-order valence-corrected chi connectivity index (χ3v) is 5.96. The van der Waals surface area contributed by atoms with Crippen molar-refractivity contribution in [2.45, 2.75) is 4.90 Å². The van der Waals surface area contributed by atoms with Crippen LogP contribution in [0.1, 0.15) is 10.4 Å². The van der Waals surface area contributed by atoms with Crippen LogP contribution in [0, 0.1) is 11.6 Å². The quantitative estimate of drug-likeness (QED) is 0.542. The van der Waals surface area contributed by atoms with E-state index >= 15 is 0 Å². The summed E-state index contributed by atoms with van der Waals surface area (Å²) >= 11 is 1.17. The van der Waals surface area contributed by atoms with E-state index in [1.165, 1.54) is 34.4 Å². The molecule has 1 heterocycles. The topological polar surface area (TPSA) is 67.3 Å². The lowest BCUT2D eigenvalue weighted by Crippen LogP contribution is -2.31. The smallest absolute Gasteiger partial charge is 0.260 e. The van der Waals surface area contributed by atoms with E-state index in [1.807, 2.05) is 0 Å². The monoisotopic (exact) mass is 434 g/mol. The maximum Gasteiger partial charge on any atom is 0.260 e. The second-order valence-corrected chi connectivity index (χ2v) is 9.03. The Hall–Kier alpha value is -2.91. The molecule has 0 fully saturated rings. The molecule has 3 rings (SSSR count). The van der Waals surface area contributed by atoms with E-state index in [0.717, 1.165) is 18.4 Å². The van der Waals surface area contributed by atoms with Crippen molar-refractivity contribution >= 4 is 32.2 Å². The molecule has 0 atom stereocenters. The van der Waals surface area contributed by atoms with Gasteiger partial charge >= 0.3 is 0 Å². The van der Waals surface area contributed by atoms with Gasteiger partial charge in [0.05, 0.1) is 10.6 Å². The van der Waals surface area contributed by atoms with Crippen molar-refractivity contribution in [2.24, 2.45) is 0 Å². The van der Waals surface area contributed by atoms with Crippen molar-refractivity contribution in [3.8, 4) is 11.3 Å². The molecular formula is C20H16F2N2O3S2. The fraction of sp³-hybridized carbons (Fsp3) is 0.100. The number of amides is 1. The molecule has 0 aliphatic carbocycles. The Morgan fingerprint density at radius 2 is 1.79 bits per heavy atom. The molecule has 0 bridgehead atoms. The third kappa shape index (κ3) is 4.75. The summed E-state index contributed by atoms with van der Waals surface area (Å²) in [4.78, 5) is 18.7. The van der Waals surface area contributed by atoms with Crippen LogP contribution in [-0.4, -0.2) is 32.1 Å². The van der Waals surface area contributed by atoms with Gasteiger partial charge in [0.2, 0.25) is 0 Å². The van der Waals surface area contributed by atoms with Crippen LogP contribution in [0.25, 0.3) is 11.3 Å². The lowest BCUT2D eigenvalue weighted by atomic mass is 10.2. The van der Waals surface area contributed by atoms with Crippen LogP contribution in [0.5, 0.6) is 0 Å². The van der Waals surface area contributed by atoms with Gasteiger partial charge in [0, 0.05) is 35.4 Å². The van der Waals surface area contributed by atoms with Crippen molar-refractivity contribution < 1.29 is 22.0 Å². The molecule has 1 aromatic heterocycles. The van der Waals surface area contributed by atoms with E-state index in [1.54, 1.807) is 17.5 Å². The molecule has 0 saturated carbocycles. The Morgan fingerprint density at radius 1 is 1.17 bits per heavy atom. The van der Waals surface area contributed by atoms with Crippen LogP contribution in [0.15, 0.2) is 65.4 Å². The molecule has 0 unspecified atom stereocenters. The summed E-state index contributed by atoms with van der Waals surface area (Å²) in [7, 11) is -3.31. The first-order valence-corrected chi connectivity index (χ1v) is 11.1. The first-order valence-electron chi connectivity index (χ1n) is 8.34. The number of carbonyl (C=O) groups is 1. The summed E-state index contributed by atoms with van der Waals surface area (Å²) < 4.78 is 50.2. The van der Waals surface area contributed by atoms with Gasteiger partial charge in [0.15, 0.2) is 15.0 Å². The van der Waals surface area contributed by atoms with Crippen molar-refractivity contribution in [1.82, 2.24) is 4.98 Å². The highest BCUT2D eigenvalue weighted by molar-refractivity contribution is 7.90. The van der Waals surface area contributed by atoms with E-state index in [4.69, 9.17) is 0 Å². The van der Waals surface area contributed by atoms with Gasteiger partial charge in [-0.15, -0.1) is 17.9 Å². The zero-order valence-electron chi connectivity index (χ0n) is 15.3. The summed E-state index contributed by atoms with van der Waals surface area (Å²) in [5.74, 6) is -2.31. The van der Waals surface area contributed by atoms with E-state index in [2.05, 4.69) is 11.6 Å². The number of anilines is 1. The molecule has 0 aliphatic rings. The maximum atomic E-state index is 13.5. The van der Waals surface area contributed by atoms with Crippen molar-refractivity contribution in [1.29, 1.82) is 0 Å². The highest BCUT2D eigenvalue weighted by Crippen LogP contribution is 2.29. The normalized spacial score (nSPS) is 11.3. The van der Waals surface area contributed by atoms with E-state index in [9.17, 15) is 22.0 Å². The van der Waals surface area contributed by atoms with Crippen molar-refractivity contribution in [3.63, 3.8) is 0 Å². The summed E-state index contributed by atoms with van der Waals surface area (Å²) in [6.07, 6.45) is 2.60. The fourth-order valence-electron chi connectivity index (χ4n) is 2.60. The minimum atomic E-state index is -3.31. The van der Waals surface area contributed by atoms with Gasteiger partial charge in [-0.05, 0) is 24.3 Å². The number of nitrogens with zero attached hydrogens (tertiary/aromatic N) is 2. The number of benzene rings is 2. The molecular weight excluding hydrogens is 418 g/mol. The number of sulfone groups is 1. The van der Waals surface area contributed by atoms with Gasteiger partial charge in [-0.1, -0.05) is 18.2 Å². The Morgan fingerprint density at radius 3 is 2.34 bits per heavy atom. The summed E-state index contributed by atoms with van der Waals surface area (Å²) in [5.41, 5.74) is 1.07. The largest absolute Gasteiger partial charge is 0.280 e. The van der Waals surface area contributed by atoms with Gasteiger partial charge in [-0.3, -0.25) is 9.69 Å². The molecule has 0 radical (unpaired) electrons. The van der Waals surface area contributed by atoms with E-state index < -0.39 is 27.4 Å². The predicted molar refractivity (Wildman–Crippen MR) is 109 cm³/mol. The molecule has 0 spiro atoms. The molecule has 5 nitrogen and oxygen atoms in total. The summed E-state index contributed by atoms with van der Waals surface area (Å²) in [5, 5.41) is 2.03. The number of hydrogen-bond acceptors (Lipinski definition) is 5. The first-order chi connectivity index (χ1) is 13.7. The zero-order valence-corrected chi connectivity index (χ0v) is 16.9. The van der Waals surface area contributed by atoms with Crippen molar-refractivity contribution in [2.75, 3.05) is 17.7 Å². The van der Waals surface area contributed by atoms with Gasteiger partial charge in [0.1, 0.15) is 11.6 Å². The van der Waals surface area contributed by atoms with Crippen LogP contribution >= 0.6 is 11.3 Å². The SMILES string of the molecule is C=CCN(C(=O)c1cc(F)cc(F)c1)c1nc(-c2ccc(S(C)(=O)=O)cc2)cs1. The number of carbonyl (C=O) groups excluding carboxylic acids is 1. The molecule has 0 saturated heterocycles. The van der Waals surface area contributed by atoms with Crippen molar-refractivity contribution in [3.05, 3.63) is 77.7 Å². The van der Waals surface area contributed by atoms with Crippen LogP contribution in [-0.2, 0) is 9.84 Å². The average Bonchev–Trinajstić information content (AvgIpc) is 3.14. The highest BCUT2D eigenvalue weighted by atomic mass is 32.2. The second kappa shape index (κ2) is 8.22. The molecule has 0 aliphatic heterocycles. The lowest BCUT2D eigenvalue weighted by Gasteiger charge is -2.18. The second-order valence-electron chi connectivity index (χ2n) is 6.17. The minimum absolute atomic E-state index is 0.0942. The van der Waals surface area contributed by atoms with Gasteiger partial charge < -0.3 is 0 Å². The molecule has 2 aromatic carbocycles. The molecule has 9 heteroatoms. The molecule has 1 amide bonds. The zero-order chi connectivity index (χ0) is 21.2. The van der Waals surface area contributed by atoms with Gasteiger partial charge in [-0.25, -0.2) is 22.2 Å². The minimum Gasteiger partial charge on any atom is -0.280 e. The van der Waals surface area contributed by atoms with E-state index in [0.29, 0.717) is 22.5 Å². The fourth-order valence-corrected chi connectivity index (χ4v) is 4.08. The predicted octanol–water partition coefficient (Wildman–Crippen LogP) is 4.32. The third-order valence-electron chi connectivity index (χ3n) is 3.97. The van der Waals surface area contributed by atoms with Gasteiger partial charge in [-0.2, -0.15) is 0 Å². The Labute approximate surface area is 170 Å². The lowest BCUT2D eigenvalue weighted by molar-refractivity contribution is 0.0988. The van der Waals surface area contributed by atoms with Crippen LogP contribution in [0.3, 0.4) is 0 Å². The number of thiazole rings is 1. The standard InChI is InChI=1S/C20H16F2N2O3S2/c1-3-8-24(19(25)14-9-15(21)11-16(22)10-14)20-23-18(12-28-20)13-4-6-17(7-5-13)29(2,26)27/h3-7,9-12H,1,8H2,2H3. The van der Waals surface area contributed by atoms with Gasteiger partial charge in [0.25, 0.3) is 5.91 Å². The van der Waals surface area contributed by atoms with Crippen LogP contribution in [0.2, 0.25) is 0 Å². The Kier molecular flexibility index (Phi) is 5.90. The van der Waals surface area contributed by atoms with Crippen LogP contribution < -0.4 is 4.90 Å².